The monoisotopic (exact) mass is 241 g/mol. The minimum absolute atomic E-state index is 0.192. The van der Waals surface area contributed by atoms with Crippen LogP contribution in [0.3, 0.4) is 0 Å². The summed E-state index contributed by atoms with van der Waals surface area (Å²) in [5, 5.41) is 10.2. The lowest BCUT2D eigenvalue weighted by molar-refractivity contribution is -0.0255. The fourth-order valence-electron chi connectivity index (χ4n) is 1.66. The van der Waals surface area contributed by atoms with Crippen LogP contribution in [0.15, 0.2) is 18.3 Å². The lowest BCUT2D eigenvalue weighted by atomic mass is 10.1. The highest BCUT2D eigenvalue weighted by Crippen LogP contribution is 2.29. The molecule has 0 aliphatic carbocycles. The normalized spacial score (nSPS) is 22.8. The summed E-state index contributed by atoms with van der Waals surface area (Å²) >= 11 is 1.79. The van der Waals surface area contributed by atoms with Gasteiger partial charge >= 0.3 is 0 Å². The molecule has 0 spiro atoms. The fourth-order valence-corrected chi connectivity index (χ4v) is 2.55. The summed E-state index contributed by atoms with van der Waals surface area (Å²) in [4.78, 5) is 4.16. The number of aliphatic hydroxyl groups is 1. The lowest BCUT2D eigenvalue weighted by Gasteiger charge is -2.27. The number of thioether (sulfide) groups is 1. The first-order valence-corrected chi connectivity index (χ1v) is 6.34. The predicted molar refractivity (Wildman–Crippen MR) is 62.8 cm³/mol. The van der Waals surface area contributed by atoms with Crippen molar-refractivity contribution in [3.8, 4) is 5.75 Å². The second-order valence-corrected chi connectivity index (χ2v) is 4.67. The molecule has 0 radical (unpaired) electrons. The highest BCUT2D eigenvalue weighted by atomic mass is 32.2. The summed E-state index contributed by atoms with van der Waals surface area (Å²) < 4.78 is 10.7. The van der Waals surface area contributed by atoms with Crippen LogP contribution < -0.4 is 4.74 Å². The molecule has 4 nitrogen and oxygen atoms in total. The molecule has 2 heterocycles. The van der Waals surface area contributed by atoms with Gasteiger partial charge in [-0.1, -0.05) is 0 Å². The molecule has 1 aromatic rings. The van der Waals surface area contributed by atoms with E-state index in [1.165, 1.54) is 0 Å². The molecule has 0 saturated carbocycles. The maximum atomic E-state index is 10.2. The molecule has 0 amide bonds. The van der Waals surface area contributed by atoms with Gasteiger partial charge < -0.3 is 14.6 Å². The van der Waals surface area contributed by atoms with Crippen molar-refractivity contribution < 1.29 is 14.6 Å². The smallest absolute Gasteiger partial charge is 0.143 e. The van der Waals surface area contributed by atoms with Crippen LogP contribution >= 0.6 is 11.8 Å². The van der Waals surface area contributed by atoms with Crippen molar-refractivity contribution in [3.63, 3.8) is 0 Å². The van der Waals surface area contributed by atoms with Gasteiger partial charge in [0.15, 0.2) is 0 Å². The highest BCUT2D eigenvalue weighted by Gasteiger charge is 2.27. The minimum Gasteiger partial charge on any atom is -0.495 e. The van der Waals surface area contributed by atoms with Crippen LogP contribution in [0.4, 0.5) is 0 Å². The maximum Gasteiger partial charge on any atom is 0.143 e. The standard InChI is InChI=1S/C11H15NO3S/c1-14-8-3-2-4-12-10(8)11(13)9-7-16-6-5-15-9/h2-4,9,11,13H,5-7H2,1H3. The number of pyridine rings is 1. The third-order valence-corrected chi connectivity index (χ3v) is 3.51. The number of methoxy groups -OCH3 is 1. The Morgan fingerprint density at radius 1 is 1.69 bits per heavy atom. The molecule has 5 heteroatoms. The number of aliphatic hydroxyl groups excluding tert-OH is 1. The average Bonchev–Trinajstić information content (AvgIpc) is 2.39. The minimum atomic E-state index is -0.719. The molecule has 2 rings (SSSR count). The van der Waals surface area contributed by atoms with Crippen LogP contribution in [0, 0.1) is 0 Å². The number of hydrogen-bond donors (Lipinski definition) is 1. The Bertz CT molecular complexity index is 342. The molecule has 1 N–H and O–H groups in total. The van der Waals surface area contributed by atoms with Crippen LogP contribution in [0.2, 0.25) is 0 Å². The summed E-state index contributed by atoms with van der Waals surface area (Å²) in [6.45, 7) is 0.682. The maximum absolute atomic E-state index is 10.2. The summed E-state index contributed by atoms with van der Waals surface area (Å²) in [6.07, 6.45) is 0.739. The second kappa shape index (κ2) is 5.52. The molecular weight excluding hydrogens is 226 g/mol. The van der Waals surface area contributed by atoms with Crippen molar-refractivity contribution in [2.24, 2.45) is 0 Å². The SMILES string of the molecule is COc1cccnc1C(O)C1CSCCO1. The van der Waals surface area contributed by atoms with E-state index in [0.717, 1.165) is 11.5 Å². The van der Waals surface area contributed by atoms with E-state index in [0.29, 0.717) is 18.1 Å². The summed E-state index contributed by atoms with van der Waals surface area (Å²) in [7, 11) is 1.57. The van der Waals surface area contributed by atoms with Gasteiger partial charge in [0, 0.05) is 17.7 Å². The molecule has 1 aromatic heterocycles. The Balaban J connectivity index is 2.15. The molecular formula is C11H15NO3S. The second-order valence-electron chi connectivity index (χ2n) is 3.52. The summed E-state index contributed by atoms with van der Waals surface area (Å²) in [5.41, 5.74) is 0.553. The Morgan fingerprint density at radius 2 is 2.56 bits per heavy atom. The fraction of sp³-hybridized carbons (Fsp3) is 0.545. The number of aromatic nitrogens is 1. The van der Waals surface area contributed by atoms with Crippen molar-refractivity contribution >= 4 is 11.8 Å². The Hall–Kier alpha value is -0.780. The first kappa shape index (κ1) is 11.7. The average molecular weight is 241 g/mol. The van der Waals surface area contributed by atoms with Crippen molar-refractivity contribution in [1.82, 2.24) is 4.98 Å². The Morgan fingerprint density at radius 3 is 3.25 bits per heavy atom. The van der Waals surface area contributed by atoms with Gasteiger partial charge in [-0.2, -0.15) is 11.8 Å². The van der Waals surface area contributed by atoms with Crippen LogP contribution in [-0.4, -0.2) is 41.4 Å². The highest BCUT2D eigenvalue weighted by molar-refractivity contribution is 7.99. The first-order chi connectivity index (χ1) is 7.83. The molecule has 1 aliphatic heterocycles. The topological polar surface area (TPSA) is 51.6 Å². The molecule has 2 unspecified atom stereocenters. The molecule has 2 atom stereocenters. The Kier molecular flexibility index (Phi) is 4.04. The number of nitrogens with zero attached hydrogens (tertiary/aromatic N) is 1. The van der Waals surface area contributed by atoms with Gasteiger partial charge in [0.25, 0.3) is 0 Å². The molecule has 0 bridgehead atoms. The van der Waals surface area contributed by atoms with Crippen molar-refractivity contribution in [3.05, 3.63) is 24.0 Å². The largest absolute Gasteiger partial charge is 0.495 e. The van der Waals surface area contributed by atoms with Crippen molar-refractivity contribution in [2.45, 2.75) is 12.2 Å². The van der Waals surface area contributed by atoms with E-state index >= 15 is 0 Å². The number of rotatable bonds is 3. The van der Waals surface area contributed by atoms with Crippen LogP contribution in [0.25, 0.3) is 0 Å². The summed E-state index contributed by atoms with van der Waals surface area (Å²) in [5.74, 6) is 2.39. The van der Waals surface area contributed by atoms with Gasteiger partial charge in [0.1, 0.15) is 17.5 Å². The van der Waals surface area contributed by atoms with Crippen LogP contribution in [-0.2, 0) is 4.74 Å². The zero-order chi connectivity index (χ0) is 11.4. The van der Waals surface area contributed by atoms with Crippen LogP contribution in [0.1, 0.15) is 11.8 Å². The molecule has 1 fully saturated rings. The predicted octanol–water partition coefficient (Wildman–Crippen LogP) is 1.26. The zero-order valence-corrected chi connectivity index (χ0v) is 9.94. The quantitative estimate of drug-likeness (QED) is 0.863. The lowest BCUT2D eigenvalue weighted by Crippen LogP contribution is -2.30. The Labute approximate surface area is 99.0 Å². The third kappa shape index (κ3) is 2.48. The van der Waals surface area contributed by atoms with E-state index in [1.54, 1.807) is 37.2 Å². The molecule has 1 saturated heterocycles. The zero-order valence-electron chi connectivity index (χ0n) is 9.13. The van der Waals surface area contributed by atoms with Crippen molar-refractivity contribution in [1.29, 1.82) is 0 Å². The number of ether oxygens (including phenoxy) is 2. The van der Waals surface area contributed by atoms with Gasteiger partial charge in [-0.25, -0.2) is 0 Å². The van der Waals surface area contributed by atoms with Crippen molar-refractivity contribution in [2.75, 3.05) is 25.2 Å². The molecule has 0 aromatic carbocycles. The van der Waals surface area contributed by atoms with Gasteiger partial charge in [0.2, 0.25) is 0 Å². The molecule has 88 valence electrons. The van der Waals surface area contributed by atoms with E-state index in [1.807, 2.05) is 0 Å². The van der Waals surface area contributed by atoms with Gasteiger partial charge in [-0.05, 0) is 12.1 Å². The van der Waals surface area contributed by atoms with Gasteiger partial charge in [-0.3, -0.25) is 4.98 Å². The summed E-state index contributed by atoms with van der Waals surface area (Å²) in [6, 6.07) is 3.58. The van der Waals surface area contributed by atoms with Gasteiger partial charge in [-0.15, -0.1) is 0 Å². The molecule has 16 heavy (non-hydrogen) atoms. The van der Waals surface area contributed by atoms with Crippen LogP contribution in [0.5, 0.6) is 5.75 Å². The van der Waals surface area contributed by atoms with E-state index in [4.69, 9.17) is 9.47 Å². The molecule has 1 aliphatic rings. The van der Waals surface area contributed by atoms with E-state index < -0.39 is 6.10 Å². The number of hydrogen-bond acceptors (Lipinski definition) is 5. The first-order valence-electron chi connectivity index (χ1n) is 5.19. The van der Waals surface area contributed by atoms with E-state index in [2.05, 4.69) is 4.98 Å². The third-order valence-electron chi connectivity index (χ3n) is 2.49. The van der Waals surface area contributed by atoms with Gasteiger partial charge in [0.05, 0.1) is 19.8 Å². The van der Waals surface area contributed by atoms with E-state index in [9.17, 15) is 5.11 Å². The van der Waals surface area contributed by atoms with E-state index in [-0.39, 0.29) is 6.10 Å².